The van der Waals surface area contributed by atoms with Crippen LogP contribution in [0.25, 0.3) is 0 Å². The maximum Gasteiger partial charge on any atom is 0.352 e. The Labute approximate surface area is 103 Å². The number of aryl methyl sites for hydroxylation is 1. The van der Waals surface area contributed by atoms with E-state index in [1.54, 1.807) is 31.3 Å². The highest BCUT2D eigenvalue weighted by molar-refractivity contribution is 6.10. The summed E-state index contributed by atoms with van der Waals surface area (Å²) in [4.78, 5) is 23.0. The molecule has 92 valence electrons. The van der Waals surface area contributed by atoms with E-state index in [1.807, 2.05) is 0 Å². The fourth-order valence-electron chi connectivity index (χ4n) is 1.75. The molecule has 0 aliphatic heterocycles. The number of benzene rings is 1. The number of aromatic nitrogens is 1. The average Bonchev–Trinajstić information content (AvgIpc) is 2.70. The van der Waals surface area contributed by atoms with E-state index in [2.05, 4.69) is 0 Å². The monoisotopic (exact) mass is 244 g/mol. The number of carboxylic acids is 1. The molecule has 1 aromatic carbocycles. The molecule has 1 aromatic heterocycles. The van der Waals surface area contributed by atoms with Crippen molar-refractivity contribution in [3.8, 4) is 0 Å². The van der Waals surface area contributed by atoms with Gasteiger partial charge in [0, 0.05) is 30.1 Å². The molecule has 5 heteroatoms. The van der Waals surface area contributed by atoms with Gasteiger partial charge in [-0.3, -0.25) is 4.79 Å². The fourth-order valence-corrected chi connectivity index (χ4v) is 1.75. The van der Waals surface area contributed by atoms with Crippen LogP contribution in [0.4, 0.5) is 5.69 Å². The van der Waals surface area contributed by atoms with Crippen LogP contribution in [0.1, 0.15) is 26.4 Å². The molecule has 0 amide bonds. The van der Waals surface area contributed by atoms with Gasteiger partial charge in [-0.25, -0.2) is 4.79 Å². The van der Waals surface area contributed by atoms with Crippen molar-refractivity contribution in [2.75, 3.05) is 5.73 Å². The molecule has 2 rings (SSSR count). The molecule has 0 bridgehead atoms. The van der Waals surface area contributed by atoms with Gasteiger partial charge in [0.25, 0.3) is 0 Å². The molecule has 3 N–H and O–H groups in total. The van der Waals surface area contributed by atoms with Gasteiger partial charge >= 0.3 is 5.97 Å². The summed E-state index contributed by atoms with van der Waals surface area (Å²) in [6, 6.07) is 7.93. The van der Waals surface area contributed by atoms with Crippen LogP contribution in [0, 0.1) is 0 Å². The second kappa shape index (κ2) is 4.37. The van der Waals surface area contributed by atoms with E-state index in [-0.39, 0.29) is 11.5 Å². The number of hydrogen-bond acceptors (Lipinski definition) is 3. The quantitative estimate of drug-likeness (QED) is 0.633. The summed E-state index contributed by atoms with van der Waals surface area (Å²) in [7, 11) is 1.58. The number of ketones is 1. The Morgan fingerprint density at radius 3 is 2.50 bits per heavy atom. The predicted octanol–water partition coefficient (Wildman–Crippen LogP) is 1.54. The van der Waals surface area contributed by atoms with E-state index >= 15 is 0 Å². The lowest BCUT2D eigenvalue weighted by atomic mass is 10.1. The van der Waals surface area contributed by atoms with Gasteiger partial charge < -0.3 is 15.4 Å². The zero-order valence-corrected chi connectivity index (χ0v) is 9.75. The normalized spacial score (nSPS) is 10.3. The lowest BCUT2D eigenvalue weighted by Crippen LogP contribution is -2.02. The highest BCUT2D eigenvalue weighted by Crippen LogP contribution is 2.15. The summed E-state index contributed by atoms with van der Waals surface area (Å²) in [5, 5.41) is 8.92. The second-order valence-corrected chi connectivity index (χ2v) is 3.98. The SMILES string of the molecule is Cn1cc(C(=O)c2cccc(N)c2)cc1C(=O)O. The van der Waals surface area contributed by atoms with Crippen molar-refractivity contribution in [3.63, 3.8) is 0 Å². The molecule has 2 aromatic rings. The highest BCUT2D eigenvalue weighted by atomic mass is 16.4. The first-order valence-corrected chi connectivity index (χ1v) is 5.29. The van der Waals surface area contributed by atoms with E-state index in [0.29, 0.717) is 16.8 Å². The molecule has 0 spiro atoms. The maximum atomic E-state index is 12.1. The lowest BCUT2D eigenvalue weighted by molar-refractivity contribution is 0.0686. The maximum absolute atomic E-state index is 12.1. The number of nitrogens with zero attached hydrogens (tertiary/aromatic N) is 1. The number of carboxylic acid groups (broad SMARTS) is 1. The van der Waals surface area contributed by atoms with Gasteiger partial charge in [0.1, 0.15) is 5.69 Å². The Kier molecular flexibility index (Phi) is 2.89. The average molecular weight is 244 g/mol. The molecule has 1 heterocycles. The van der Waals surface area contributed by atoms with Crippen molar-refractivity contribution in [2.24, 2.45) is 7.05 Å². The van der Waals surface area contributed by atoms with Gasteiger partial charge in [0.15, 0.2) is 5.78 Å². The zero-order chi connectivity index (χ0) is 13.3. The fraction of sp³-hybridized carbons (Fsp3) is 0.0769. The van der Waals surface area contributed by atoms with Crippen molar-refractivity contribution >= 4 is 17.4 Å². The molecule has 0 fully saturated rings. The largest absolute Gasteiger partial charge is 0.477 e. The third-order valence-corrected chi connectivity index (χ3v) is 2.64. The summed E-state index contributed by atoms with van der Waals surface area (Å²) >= 11 is 0. The zero-order valence-electron chi connectivity index (χ0n) is 9.75. The van der Waals surface area contributed by atoms with Gasteiger partial charge in [-0.1, -0.05) is 12.1 Å². The Morgan fingerprint density at radius 2 is 1.94 bits per heavy atom. The Bertz CT molecular complexity index is 629. The van der Waals surface area contributed by atoms with E-state index in [1.165, 1.54) is 16.8 Å². The van der Waals surface area contributed by atoms with E-state index in [0.717, 1.165) is 0 Å². The molecule has 0 aliphatic carbocycles. The molecule has 0 aliphatic rings. The highest BCUT2D eigenvalue weighted by Gasteiger charge is 2.16. The van der Waals surface area contributed by atoms with Crippen LogP contribution in [-0.4, -0.2) is 21.4 Å². The number of rotatable bonds is 3. The van der Waals surface area contributed by atoms with Crippen LogP contribution in [0.15, 0.2) is 36.5 Å². The molecule has 5 nitrogen and oxygen atoms in total. The summed E-state index contributed by atoms with van der Waals surface area (Å²) in [5.41, 5.74) is 6.95. The molecular formula is C13H12N2O3. The van der Waals surface area contributed by atoms with Gasteiger partial charge in [0.2, 0.25) is 0 Å². The number of aromatic carboxylic acids is 1. The first kappa shape index (κ1) is 11.9. The third-order valence-electron chi connectivity index (χ3n) is 2.64. The molecule has 18 heavy (non-hydrogen) atoms. The van der Waals surface area contributed by atoms with Gasteiger partial charge in [0.05, 0.1) is 0 Å². The van der Waals surface area contributed by atoms with Crippen LogP contribution < -0.4 is 5.73 Å². The van der Waals surface area contributed by atoms with Gasteiger partial charge in [-0.2, -0.15) is 0 Å². The van der Waals surface area contributed by atoms with Gasteiger partial charge in [-0.05, 0) is 18.2 Å². The van der Waals surface area contributed by atoms with Crippen LogP contribution in [0.5, 0.6) is 0 Å². The minimum atomic E-state index is -1.07. The Morgan fingerprint density at radius 1 is 1.22 bits per heavy atom. The number of carbonyl (C=O) groups excluding carboxylic acids is 1. The van der Waals surface area contributed by atoms with E-state index in [9.17, 15) is 9.59 Å². The van der Waals surface area contributed by atoms with Crippen LogP contribution in [0.2, 0.25) is 0 Å². The first-order valence-electron chi connectivity index (χ1n) is 5.29. The van der Waals surface area contributed by atoms with Gasteiger partial charge in [-0.15, -0.1) is 0 Å². The first-order chi connectivity index (χ1) is 8.49. The smallest absolute Gasteiger partial charge is 0.352 e. The molecule has 0 unspecified atom stereocenters. The molecule has 0 saturated heterocycles. The van der Waals surface area contributed by atoms with Crippen molar-refractivity contribution < 1.29 is 14.7 Å². The summed E-state index contributed by atoms with van der Waals surface area (Å²) in [6.45, 7) is 0. The second-order valence-electron chi connectivity index (χ2n) is 3.98. The number of nitrogens with two attached hydrogens (primary N) is 1. The van der Waals surface area contributed by atoms with E-state index < -0.39 is 5.97 Å². The van der Waals surface area contributed by atoms with Crippen molar-refractivity contribution in [1.29, 1.82) is 0 Å². The number of hydrogen-bond donors (Lipinski definition) is 2. The number of anilines is 1. The van der Waals surface area contributed by atoms with Crippen molar-refractivity contribution in [2.45, 2.75) is 0 Å². The lowest BCUT2D eigenvalue weighted by Gasteiger charge is -1.99. The summed E-state index contributed by atoms with van der Waals surface area (Å²) in [6.07, 6.45) is 1.50. The Balaban J connectivity index is 2.40. The molecule has 0 atom stereocenters. The van der Waals surface area contributed by atoms with Crippen molar-refractivity contribution in [3.05, 3.63) is 53.3 Å². The molecule has 0 saturated carbocycles. The van der Waals surface area contributed by atoms with Crippen LogP contribution >= 0.6 is 0 Å². The minimum absolute atomic E-state index is 0.0715. The summed E-state index contributed by atoms with van der Waals surface area (Å²) in [5.74, 6) is -1.31. The summed E-state index contributed by atoms with van der Waals surface area (Å²) < 4.78 is 1.40. The Hall–Kier alpha value is -2.56. The third kappa shape index (κ3) is 2.10. The van der Waals surface area contributed by atoms with Crippen LogP contribution in [0.3, 0.4) is 0 Å². The predicted molar refractivity (Wildman–Crippen MR) is 66.7 cm³/mol. The van der Waals surface area contributed by atoms with E-state index in [4.69, 9.17) is 10.8 Å². The minimum Gasteiger partial charge on any atom is -0.477 e. The topological polar surface area (TPSA) is 85.3 Å². The molecular weight excluding hydrogens is 232 g/mol. The molecule has 0 radical (unpaired) electrons. The number of carbonyl (C=O) groups is 2. The standard InChI is InChI=1S/C13H12N2O3/c1-15-7-9(6-11(15)13(17)18)12(16)8-3-2-4-10(14)5-8/h2-7H,14H2,1H3,(H,17,18). The van der Waals surface area contributed by atoms with Crippen molar-refractivity contribution in [1.82, 2.24) is 4.57 Å². The van der Waals surface area contributed by atoms with Crippen LogP contribution in [-0.2, 0) is 7.05 Å². The number of nitrogen functional groups attached to an aromatic ring is 1.